The van der Waals surface area contributed by atoms with Crippen LogP contribution >= 0.6 is 0 Å². The number of aliphatic hydroxyl groups is 1. The van der Waals surface area contributed by atoms with E-state index in [9.17, 15) is 20.1 Å². The molecule has 3 N–H and O–H groups in total. The summed E-state index contributed by atoms with van der Waals surface area (Å²) < 4.78 is 17.0. The van der Waals surface area contributed by atoms with Gasteiger partial charge in [-0.15, -0.1) is 0 Å². The molecule has 7 heteroatoms. The van der Waals surface area contributed by atoms with Crippen molar-refractivity contribution < 1.29 is 28.9 Å². The summed E-state index contributed by atoms with van der Waals surface area (Å²) in [6.45, 7) is 3.25. The number of benzene rings is 2. The smallest absolute Gasteiger partial charge is 0.302 e. The highest BCUT2D eigenvalue weighted by Gasteiger charge is 2.37. The van der Waals surface area contributed by atoms with Gasteiger partial charge in [0.05, 0.1) is 5.60 Å². The van der Waals surface area contributed by atoms with Crippen LogP contribution in [0, 0.1) is 0 Å². The molecular formula is C20H16O7. The lowest BCUT2D eigenvalue weighted by atomic mass is 9.96. The molecule has 0 saturated carbocycles. The second kappa shape index (κ2) is 4.95. The predicted octanol–water partition coefficient (Wildman–Crippen LogP) is 3.18. The van der Waals surface area contributed by atoms with Crippen molar-refractivity contribution in [2.45, 2.75) is 32.0 Å². The molecule has 1 atom stereocenters. The zero-order valence-electron chi connectivity index (χ0n) is 14.6. The maximum atomic E-state index is 13.1. The van der Waals surface area contributed by atoms with Crippen LogP contribution in [-0.2, 0) is 6.42 Å². The Morgan fingerprint density at radius 3 is 2.56 bits per heavy atom. The summed E-state index contributed by atoms with van der Waals surface area (Å²) in [6.07, 6.45) is -0.268. The molecule has 2 aromatic heterocycles. The van der Waals surface area contributed by atoms with Crippen molar-refractivity contribution in [1.82, 2.24) is 0 Å². The van der Waals surface area contributed by atoms with Gasteiger partial charge >= 0.3 is 5.78 Å². The number of rotatable bonds is 1. The van der Waals surface area contributed by atoms with Gasteiger partial charge < -0.3 is 28.9 Å². The largest absolute Gasteiger partial charge is 0.508 e. The van der Waals surface area contributed by atoms with Crippen LogP contribution in [0.15, 0.2) is 37.9 Å². The first-order valence-corrected chi connectivity index (χ1v) is 8.50. The summed E-state index contributed by atoms with van der Waals surface area (Å²) in [5, 5.41) is 31.3. The quantitative estimate of drug-likeness (QED) is 0.473. The Hall–Kier alpha value is -3.19. The van der Waals surface area contributed by atoms with Crippen molar-refractivity contribution in [3.63, 3.8) is 0 Å². The van der Waals surface area contributed by atoms with Gasteiger partial charge in [-0.1, -0.05) is 0 Å². The van der Waals surface area contributed by atoms with Crippen molar-refractivity contribution in [2.24, 2.45) is 0 Å². The average Bonchev–Trinajstić information content (AvgIpc) is 3.15. The van der Waals surface area contributed by atoms with Crippen LogP contribution in [0.25, 0.3) is 33.1 Å². The first-order valence-electron chi connectivity index (χ1n) is 8.50. The molecule has 0 bridgehead atoms. The number of fused-ring (bicyclic) bond motifs is 5. The Kier molecular flexibility index (Phi) is 2.94. The first kappa shape index (κ1) is 16.0. The van der Waals surface area contributed by atoms with E-state index >= 15 is 0 Å². The maximum Gasteiger partial charge on any atom is 0.302 e. The van der Waals surface area contributed by atoms with Crippen molar-refractivity contribution in [3.8, 4) is 17.2 Å². The molecule has 1 unspecified atom stereocenters. The Morgan fingerprint density at radius 1 is 1.07 bits per heavy atom. The highest BCUT2D eigenvalue weighted by atomic mass is 16.5. The van der Waals surface area contributed by atoms with Crippen molar-refractivity contribution >= 4 is 33.1 Å². The molecule has 0 radical (unpaired) electrons. The molecular weight excluding hydrogens is 352 g/mol. The minimum Gasteiger partial charge on any atom is -0.508 e. The molecule has 0 fully saturated rings. The molecule has 5 rings (SSSR count). The monoisotopic (exact) mass is 368 g/mol. The van der Waals surface area contributed by atoms with E-state index in [0.29, 0.717) is 22.3 Å². The normalized spacial score (nSPS) is 16.9. The van der Waals surface area contributed by atoms with Crippen molar-refractivity contribution in [2.75, 3.05) is 0 Å². The lowest BCUT2D eigenvalue weighted by Crippen LogP contribution is -2.39. The fourth-order valence-electron chi connectivity index (χ4n) is 3.61. The Bertz CT molecular complexity index is 1300. The second-order valence-electron chi connectivity index (χ2n) is 7.42. The summed E-state index contributed by atoms with van der Waals surface area (Å²) in [7, 11) is 0. The van der Waals surface area contributed by atoms with Gasteiger partial charge in [0.1, 0.15) is 45.3 Å². The third-order valence-electron chi connectivity index (χ3n) is 5.07. The third-order valence-corrected chi connectivity index (χ3v) is 5.07. The van der Waals surface area contributed by atoms with Gasteiger partial charge in [0.2, 0.25) is 5.43 Å². The minimum absolute atomic E-state index is 0.00415. The van der Waals surface area contributed by atoms with E-state index in [1.807, 2.05) is 0 Å². The van der Waals surface area contributed by atoms with E-state index in [2.05, 4.69) is 0 Å². The van der Waals surface area contributed by atoms with Gasteiger partial charge in [0.15, 0.2) is 0 Å². The summed E-state index contributed by atoms with van der Waals surface area (Å²) >= 11 is 0. The van der Waals surface area contributed by atoms with Crippen LogP contribution in [0.1, 0.15) is 19.4 Å². The number of hydrogen-bond donors (Lipinski definition) is 3. The van der Waals surface area contributed by atoms with Gasteiger partial charge in [-0.2, -0.15) is 0 Å². The highest BCUT2D eigenvalue weighted by molar-refractivity contribution is 6.07. The molecule has 0 saturated heterocycles. The van der Waals surface area contributed by atoms with Crippen molar-refractivity contribution in [1.29, 1.82) is 0 Å². The van der Waals surface area contributed by atoms with Crippen LogP contribution in [0.4, 0.5) is 0 Å². The molecule has 1 aliphatic heterocycles. The first-order chi connectivity index (χ1) is 12.7. The van der Waals surface area contributed by atoms with E-state index < -0.39 is 17.1 Å². The third kappa shape index (κ3) is 2.15. The lowest BCUT2D eigenvalue weighted by molar-refractivity contribution is -0.0229. The molecule has 3 heterocycles. The predicted molar refractivity (Wildman–Crippen MR) is 97.5 cm³/mol. The fraction of sp³-hybridized carbons (Fsp3) is 0.250. The van der Waals surface area contributed by atoms with Crippen LogP contribution in [0.5, 0.6) is 17.2 Å². The minimum atomic E-state index is -1.11. The van der Waals surface area contributed by atoms with Gasteiger partial charge in [-0.25, -0.2) is 0 Å². The van der Waals surface area contributed by atoms with E-state index in [1.54, 1.807) is 19.9 Å². The Balaban J connectivity index is 1.84. The Morgan fingerprint density at radius 2 is 1.81 bits per heavy atom. The number of hydrogen-bond acceptors (Lipinski definition) is 7. The van der Waals surface area contributed by atoms with E-state index in [4.69, 9.17) is 13.6 Å². The number of aromatic hydroxyl groups is 2. The Labute approximate surface area is 152 Å². The maximum absolute atomic E-state index is 13.1. The molecule has 1 aliphatic rings. The molecule has 27 heavy (non-hydrogen) atoms. The van der Waals surface area contributed by atoms with Crippen molar-refractivity contribution in [3.05, 3.63) is 40.1 Å². The zero-order valence-corrected chi connectivity index (χ0v) is 14.6. The summed E-state index contributed by atoms with van der Waals surface area (Å²) in [4.78, 5) is 13.1. The van der Waals surface area contributed by atoms with Crippen LogP contribution in [0.3, 0.4) is 0 Å². The van der Waals surface area contributed by atoms with E-state index in [1.165, 1.54) is 18.2 Å². The number of furan rings is 1. The molecule has 0 aliphatic carbocycles. The standard InChI is InChI=1S/C20H16O7/c1-20(2,24)14-6-10-12(25-14)7-13-16(17(10)22)18(23)15-9-4-3-8(21)5-11(9)26-19(15)27-13/h3-5,7,14,21-22,24H,6H2,1-2H3. The molecule has 7 nitrogen and oxygen atoms in total. The van der Waals surface area contributed by atoms with E-state index in [0.717, 1.165) is 0 Å². The zero-order chi connectivity index (χ0) is 19.1. The number of phenols is 2. The van der Waals surface area contributed by atoms with Gasteiger partial charge in [-0.05, 0) is 26.0 Å². The molecule has 2 aromatic carbocycles. The van der Waals surface area contributed by atoms with Gasteiger partial charge in [0.25, 0.3) is 0 Å². The molecule has 138 valence electrons. The number of phenolic OH excluding ortho intramolecular Hbond substituents is 2. The second-order valence-corrected chi connectivity index (χ2v) is 7.42. The average molecular weight is 368 g/mol. The lowest BCUT2D eigenvalue weighted by Gasteiger charge is -2.24. The van der Waals surface area contributed by atoms with Crippen LogP contribution in [0.2, 0.25) is 0 Å². The summed E-state index contributed by atoms with van der Waals surface area (Å²) in [5.41, 5.74) is -0.634. The van der Waals surface area contributed by atoms with Crippen LogP contribution in [-0.4, -0.2) is 27.0 Å². The number of ether oxygens (including phenoxy) is 1. The summed E-state index contributed by atoms with van der Waals surface area (Å²) in [6, 6.07) is 5.94. The van der Waals surface area contributed by atoms with Crippen LogP contribution < -0.4 is 10.2 Å². The highest BCUT2D eigenvalue weighted by Crippen LogP contribution is 2.43. The topological polar surface area (TPSA) is 113 Å². The summed E-state index contributed by atoms with van der Waals surface area (Å²) in [5.74, 6) is 0.164. The van der Waals surface area contributed by atoms with Gasteiger partial charge in [0, 0.05) is 29.5 Å². The fourth-order valence-corrected chi connectivity index (χ4v) is 3.61. The SMILES string of the molecule is CC(C)(O)C1Cc2c(cc3oc4oc5cc(O)ccc5c4c(=O)c3c2O)O1. The molecule has 0 spiro atoms. The van der Waals surface area contributed by atoms with Gasteiger partial charge in [-0.3, -0.25) is 4.79 Å². The molecule has 0 amide bonds. The molecule has 4 aromatic rings. The van der Waals surface area contributed by atoms with E-state index in [-0.39, 0.29) is 40.1 Å².